The second-order valence-corrected chi connectivity index (χ2v) is 7.19. The highest BCUT2D eigenvalue weighted by atomic mass is 127. The molecule has 0 saturated heterocycles. The normalized spacial score (nSPS) is 11.1. The van der Waals surface area contributed by atoms with E-state index in [1.165, 1.54) is 18.5 Å². The number of hydrogen-bond donors (Lipinski definition) is 0. The first-order valence-corrected chi connectivity index (χ1v) is 8.04. The van der Waals surface area contributed by atoms with Gasteiger partial charge in [0.15, 0.2) is 0 Å². The molecule has 0 atom stereocenters. The van der Waals surface area contributed by atoms with Gasteiger partial charge in [0.05, 0.1) is 0 Å². The van der Waals surface area contributed by atoms with Crippen molar-refractivity contribution in [2.45, 2.75) is 13.1 Å². The van der Waals surface area contributed by atoms with Gasteiger partial charge in [0.2, 0.25) is 0 Å². The molecule has 2 rings (SSSR count). The van der Waals surface area contributed by atoms with E-state index in [0.717, 1.165) is 13.1 Å². The van der Waals surface area contributed by atoms with Crippen LogP contribution in [-0.4, -0.2) is 11.9 Å². The van der Waals surface area contributed by atoms with E-state index in [0.29, 0.717) is 0 Å². The third-order valence-corrected chi connectivity index (χ3v) is 4.81. The molecule has 90 valence electrons. The largest absolute Gasteiger partial charge is 0.297 e. The summed E-state index contributed by atoms with van der Waals surface area (Å²) in [4.78, 5) is 3.73. The minimum atomic E-state index is 0.992. The Balaban J connectivity index is 1.93. The Morgan fingerprint density at radius 2 is 1.94 bits per heavy atom. The fourth-order valence-electron chi connectivity index (χ4n) is 1.66. The molecule has 0 aliphatic heterocycles. The summed E-state index contributed by atoms with van der Waals surface area (Å²) in [5.41, 5.74) is 1.36. The lowest BCUT2D eigenvalue weighted by Gasteiger charge is -2.15. The zero-order valence-electron chi connectivity index (χ0n) is 9.49. The van der Waals surface area contributed by atoms with Gasteiger partial charge in [0.25, 0.3) is 0 Å². The van der Waals surface area contributed by atoms with Gasteiger partial charge in [-0.2, -0.15) is 0 Å². The summed E-state index contributed by atoms with van der Waals surface area (Å²) in [7, 11) is 2.16. The van der Waals surface area contributed by atoms with Crippen molar-refractivity contribution < 1.29 is 0 Å². The summed E-state index contributed by atoms with van der Waals surface area (Å²) in [6.07, 6.45) is 0. The van der Waals surface area contributed by atoms with Crippen molar-refractivity contribution in [3.05, 3.63) is 54.2 Å². The van der Waals surface area contributed by atoms with Gasteiger partial charge in [-0.25, -0.2) is 0 Å². The van der Waals surface area contributed by atoms with Crippen LogP contribution in [0.3, 0.4) is 0 Å². The Labute approximate surface area is 128 Å². The first-order chi connectivity index (χ1) is 8.13. The Morgan fingerprint density at radius 1 is 1.24 bits per heavy atom. The number of benzene rings is 1. The van der Waals surface area contributed by atoms with Crippen molar-refractivity contribution in [1.29, 1.82) is 0 Å². The molecule has 0 N–H and O–H groups in total. The Morgan fingerprint density at radius 3 is 2.53 bits per heavy atom. The van der Waals surface area contributed by atoms with Crippen LogP contribution in [0.2, 0.25) is 0 Å². The molecule has 0 saturated carbocycles. The maximum atomic E-state index is 3.49. The van der Waals surface area contributed by atoms with Crippen molar-refractivity contribution in [1.82, 2.24) is 4.90 Å². The molecule has 0 fully saturated rings. The molecule has 17 heavy (non-hydrogen) atoms. The molecule has 1 nitrogen and oxygen atoms in total. The van der Waals surface area contributed by atoms with Crippen LogP contribution in [0.25, 0.3) is 0 Å². The lowest BCUT2D eigenvalue weighted by molar-refractivity contribution is 0.322. The molecular weight excluding hydrogens is 409 g/mol. The first-order valence-electron chi connectivity index (χ1n) is 5.29. The van der Waals surface area contributed by atoms with Gasteiger partial charge in [-0.1, -0.05) is 12.1 Å². The van der Waals surface area contributed by atoms with Crippen molar-refractivity contribution in [3.63, 3.8) is 0 Å². The Hall–Kier alpha value is 0.0900. The van der Waals surface area contributed by atoms with Gasteiger partial charge < -0.3 is 0 Å². The van der Waals surface area contributed by atoms with Crippen LogP contribution in [0.1, 0.15) is 10.4 Å². The summed E-state index contributed by atoms with van der Waals surface area (Å²) < 4.78 is 2.47. The third kappa shape index (κ3) is 4.35. The van der Waals surface area contributed by atoms with E-state index in [1.807, 2.05) is 0 Å². The average Bonchev–Trinajstić information content (AvgIpc) is 2.67. The molecule has 0 amide bonds. The minimum absolute atomic E-state index is 0.992. The summed E-state index contributed by atoms with van der Waals surface area (Å²) in [5.74, 6) is 0. The van der Waals surface area contributed by atoms with Gasteiger partial charge in [-0.05, 0) is 69.3 Å². The van der Waals surface area contributed by atoms with Crippen LogP contribution in [0.4, 0.5) is 0 Å². The lowest BCUT2D eigenvalue weighted by atomic mass is 10.2. The van der Waals surface area contributed by atoms with E-state index >= 15 is 0 Å². The van der Waals surface area contributed by atoms with Crippen molar-refractivity contribution in [2.75, 3.05) is 7.05 Å². The SMILES string of the molecule is CN(Cc1ccc(I)cc1)Cc1cc(Br)cs1. The second-order valence-electron chi connectivity index (χ2n) is 4.03. The topological polar surface area (TPSA) is 3.24 Å². The highest BCUT2D eigenvalue weighted by Crippen LogP contribution is 2.21. The van der Waals surface area contributed by atoms with Gasteiger partial charge in [0.1, 0.15) is 0 Å². The maximum absolute atomic E-state index is 3.49. The van der Waals surface area contributed by atoms with Crippen LogP contribution >= 0.6 is 49.9 Å². The fourth-order valence-corrected chi connectivity index (χ4v) is 3.55. The summed E-state index contributed by atoms with van der Waals surface area (Å²) >= 11 is 7.62. The first kappa shape index (κ1) is 13.5. The molecule has 0 aliphatic rings. The number of halogens is 2. The van der Waals surface area contributed by atoms with E-state index in [-0.39, 0.29) is 0 Å². The maximum Gasteiger partial charge on any atom is 0.0328 e. The van der Waals surface area contributed by atoms with Gasteiger partial charge in [0, 0.05) is 31.4 Å². The van der Waals surface area contributed by atoms with E-state index in [2.05, 4.69) is 86.2 Å². The zero-order valence-corrected chi connectivity index (χ0v) is 14.0. The minimum Gasteiger partial charge on any atom is -0.297 e. The smallest absolute Gasteiger partial charge is 0.0328 e. The highest BCUT2D eigenvalue weighted by molar-refractivity contribution is 14.1. The van der Waals surface area contributed by atoms with E-state index in [1.54, 1.807) is 11.3 Å². The summed E-state index contributed by atoms with van der Waals surface area (Å²) in [6.45, 7) is 1.99. The molecule has 0 aliphatic carbocycles. The zero-order chi connectivity index (χ0) is 12.3. The predicted octanol–water partition coefficient (Wildman–Crippen LogP) is 4.75. The Bertz CT molecular complexity index is 480. The van der Waals surface area contributed by atoms with Crippen LogP contribution in [-0.2, 0) is 13.1 Å². The predicted molar refractivity (Wildman–Crippen MR) is 86.3 cm³/mol. The van der Waals surface area contributed by atoms with E-state index in [4.69, 9.17) is 0 Å². The molecule has 4 heteroatoms. The number of hydrogen-bond acceptors (Lipinski definition) is 2. The van der Waals surface area contributed by atoms with E-state index < -0.39 is 0 Å². The molecule has 2 aromatic rings. The van der Waals surface area contributed by atoms with Crippen LogP contribution in [0.15, 0.2) is 40.2 Å². The molecule has 0 spiro atoms. The lowest BCUT2D eigenvalue weighted by Crippen LogP contribution is -2.16. The molecule has 0 bridgehead atoms. The molecule has 1 aromatic heterocycles. The van der Waals surface area contributed by atoms with E-state index in [9.17, 15) is 0 Å². The van der Waals surface area contributed by atoms with Gasteiger partial charge >= 0.3 is 0 Å². The monoisotopic (exact) mass is 421 g/mol. The molecule has 0 unspecified atom stereocenters. The number of thiophene rings is 1. The number of rotatable bonds is 4. The van der Waals surface area contributed by atoms with Crippen molar-refractivity contribution >= 4 is 49.9 Å². The quantitative estimate of drug-likeness (QED) is 0.644. The standard InChI is InChI=1S/C13H13BrINS/c1-16(8-13-6-11(14)9-17-13)7-10-2-4-12(15)5-3-10/h2-6,9H,7-8H2,1H3. The third-order valence-electron chi connectivity index (χ3n) is 2.41. The van der Waals surface area contributed by atoms with Crippen LogP contribution < -0.4 is 0 Å². The average molecular weight is 422 g/mol. The van der Waals surface area contributed by atoms with Crippen molar-refractivity contribution in [2.24, 2.45) is 0 Å². The van der Waals surface area contributed by atoms with Crippen molar-refractivity contribution in [3.8, 4) is 0 Å². The molecule has 1 heterocycles. The summed E-state index contributed by atoms with van der Waals surface area (Å²) in [5, 5.41) is 2.13. The molecular formula is C13H13BrINS. The Kier molecular flexibility index (Phi) is 5.02. The highest BCUT2D eigenvalue weighted by Gasteiger charge is 2.04. The van der Waals surface area contributed by atoms with Gasteiger partial charge in [-0.3, -0.25) is 4.90 Å². The molecule has 1 aromatic carbocycles. The van der Waals surface area contributed by atoms with Gasteiger partial charge in [-0.15, -0.1) is 11.3 Å². The second kappa shape index (κ2) is 6.31. The van der Waals surface area contributed by atoms with Crippen LogP contribution in [0, 0.1) is 3.57 Å². The number of nitrogens with zero attached hydrogens (tertiary/aromatic N) is 1. The summed E-state index contributed by atoms with van der Waals surface area (Å²) in [6, 6.07) is 10.9. The van der Waals surface area contributed by atoms with Crippen LogP contribution in [0.5, 0.6) is 0 Å². The fraction of sp³-hybridized carbons (Fsp3) is 0.231. The molecule has 0 radical (unpaired) electrons.